The lowest BCUT2D eigenvalue weighted by Crippen LogP contribution is -2.40. The molecule has 0 saturated carbocycles. The molecule has 1 unspecified atom stereocenters. The van der Waals surface area contributed by atoms with Gasteiger partial charge in [-0.25, -0.2) is 13.1 Å². The fraction of sp³-hybridized carbons (Fsp3) is 0.533. The number of Topliss-reactive ketones (excluding diaryl/α,β-unsaturated/α-hetero) is 1. The van der Waals surface area contributed by atoms with Gasteiger partial charge in [-0.3, -0.25) is 4.79 Å². The molecule has 0 bridgehead atoms. The zero-order chi connectivity index (χ0) is 15.5. The van der Waals surface area contributed by atoms with Gasteiger partial charge in [0.05, 0.1) is 10.5 Å². The first kappa shape index (κ1) is 16.1. The van der Waals surface area contributed by atoms with Crippen LogP contribution in [0.2, 0.25) is 0 Å². The predicted molar refractivity (Wildman–Crippen MR) is 79.8 cm³/mol. The molecule has 0 aliphatic carbocycles. The van der Waals surface area contributed by atoms with Crippen LogP contribution in [0.15, 0.2) is 29.2 Å². The van der Waals surface area contributed by atoms with E-state index in [9.17, 15) is 13.2 Å². The molecule has 2 rings (SSSR count). The molecule has 5 nitrogen and oxygen atoms in total. The predicted octanol–water partition coefficient (Wildman–Crippen LogP) is 2.13. The Kier molecular flexibility index (Phi) is 4.81. The number of ketones is 1. The van der Waals surface area contributed by atoms with Crippen molar-refractivity contribution < 1.29 is 17.9 Å². The van der Waals surface area contributed by atoms with Crippen LogP contribution in [-0.4, -0.2) is 33.0 Å². The van der Waals surface area contributed by atoms with Gasteiger partial charge in [-0.05, 0) is 31.9 Å². The third-order valence-electron chi connectivity index (χ3n) is 3.72. The average molecular weight is 311 g/mol. The summed E-state index contributed by atoms with van der Waals surface area (Å²) in [6, 6.07) is 6.14. The van der Waals surface area contributed by atoms with Gasteiger partial charge >= 0.3 is 0 Å². The molecule has 1 aliphatic rings. The lowest BCUT2D eigenvalue weighted by Gasteiger charge is -2.23. The number of benzene rings is 1. The van der Waals surface area contributed by atoms with Crippen molar-refractivity contribution in [3.63, 3.8) is 0 Å². The SMILES string of the molecule is CCC(=O)c1cccc(S(=O)(=O)NCC2(C)CCCO2)c1. The fourth-order valence-corrected chi connectivity index (χ4v) is 3.55. The van der Waals surface area contributed by atoms with Crippen molar-refractivity contribution in [1.82, 2.24) is 4.72 Å². The molecule has 1 aromatic carbocycles. The third-order valence-corrected chi connectivity index (χ3v) is 5.12. The molecule has 6 heteroatoms. The highest BCUT2D eigenvalue weighted by Crippen LogP contribution is 2.24. The Hall–Kier alpha value is -1.24. The number of carbonyl (C=O) groups excluding carboxylic acids is 1. The molecule has 1 aromatic rings. The number of nitrogens with one attached hydrogen (secondary N) is 1. The lowest BCUT2D eigenvalue weighted by molar-refractivity contribution is 0.0250. The lowest BCUT2D eigenvalue weighted by atomic mass is 10.0. The van der Waals surface area contributed by atoms with E-state index in [-0.39, 0.29) is 17.2 Å². The van der Waals surface area contributed by atoms with Gasteiger partial charge in [0.25, 0.3) is 0 Å². The van der Waals surface area contributed by atoms with Gasteiger partial charge in [-0.15, -0.1) is 0 Å². The molecular weight excluding hydrogens is 290 g/mol. The second-order valence-electron chi connectivity index (χ2n) is 5.53. The van der Waals surface area contributed by atoms with Crippen LogP contribution >= 0.6 is 0 Å². The molecule has 1 N–H and O–H groups in total. The molecule has 0 radical (unpaired) electrons. The van der Waals surface area contributed by atoms with E-state index in [0.29, 0.717) is 18.6 Å². The summed E-state index contributed by atoms with van der Waals surface area (Å²) < 4.78 is 32.8. The molecule has 21 heavy (non-hydrogen) atoms. The Morgan fingerprint density at radius 2 is 2.19 bits per heavy atom. The minimum absolute atomic E-state index is 0.0712. The fourth-order valence-electron chi connectivity index (χ4n) is 2.35. The van der Waals surface area contributed by atoms with Crippen LogP contribution < -0.4 is 4.72 Å². The van der Waals surface area contributed by atoms with Crippen LogP contribution in [0.25, 0.3) is 0 Å². The van der Waals surface area contributed by atoms with Gasteiger partial charge in [0.2, 0.25) is 10.0 Å². The van der Waals surface area contributed by atoms with E-state index >= 15 is 0 Å². The third kappa shape index (κ3) is 3.90. The molecule has 1 fully saturated rings. The first-order chi connectivity index (χ1) is 9.86. The van der Waals surface area contributed by atoms with Crippen LogP contribution in [0.3, 0.4) is 0 Å². The molecule has 0 amide bonds. The number of ether oxygens (including phenoxy) is 1. The summed E-state index contributed by atoms with van der Waals surface area (Å²) in [6.07, 6.45) is 2.13. The Morgan fingerprint density at radius 3 is 2.81 bits per heavy atom. The van der Waals surface area contributed by atoms with Crippen molar-refractivity contribution in [2.45, 2.75) is 43.6 Å². The normalized spacial score (nSPS) is 22.4. The summed E-state index contributed by atoms with van der Waals surface area (Å²) >= 11 is 0. The van der Waals surface area contributed by atoms with E-state index in [0.717, 1.165) is 12.8 Å². The number of sulfonamides is 1. The number of hydrogen-bond donors (Lipinski definition) is 1. The Labute approximate surface area is 125 Å². The minimum Gasteiger partial charge on any atom is -0.374 e. The van der Waals surface area contributed by atoms with Crippen LogP contribution in [0.1, 0.15) is 43.5 Å². The van der Waals surface area contributed by atoms with E-state index in [4.69, 9.17) is 4.74 Å². The van der Waals surface area contributed by atoms with Gasteiger partial charge < -0.3 is 4.74 Å². The standard InChI is InChI=1S/C15H21NO4S/c1-3-14(17)12-6-4-7-13(10-12)21(18,19)16-11-15(2)8-5-9-20-15/h4,6-7,10,16H,3,5,8-9,11H2,1-2H3. The maximum Gasteiger partial charge on any atom is 0.240 e. The van der Waals surface area contributed by atoms with E-state index in [2.05, 4.69) is 4.72 Å². The number of rotatable bonds is 6. The molecule has 1 atom stereocenters. The Balaban J connectivity index is 2.14. The summed E-state index contributed by atoms with van der Waals surface area (Å²) in [7, 11) is -3.63. The van der Waals surface area contributed by atoms with Gasteiger partial charge in [0, 0.05) is 25.1 Å². The van der Waals surface area contributed by atoms with Gasteiger partial charge in [-0.1, -0.05) is 19.1 Å². The number of carbonyl (C=O) groups is 1. The maximum atomic E-state index is 12.3. The van der Waals surface area contributed by atoms with E-state index < -0.39 is 15.6 Å². The van der Waals surface area contributed by atoms with Gasteiger partial charge in [0.15, 0.2) is 5.78 Å². The zero-order valence-corrected chi connectivity index (χ0v) is 13.2. The van der Waals surface area contributed by atoms with E-state index in [1.807, 2.05) is 6.92 Å². The van der Waals surface area contributed by atoms with Crippen molar-refractivity contribution in [2.75, 3.05) is 13.2 Å². The van der Waals surface area contributed by atoms with Crippen molar-refractivity contribution in [3.05, 3.63) is 29.8 Å². The maximum absolute atomic E-state index is 12.3. The quantitative estimate of drug-likeness (QED) is 0.817. The molecule has 116 valence electrons. The highest BCUT2D eigenvalue weighted by Gasteiger charge is 2.31. The van der Waals surface area contributed by atoms with Crippen LogP contribution in [-0.2, 0) is 14.8 Å². The first-order valence-corrected chi connectivity index (χ1v) is 8.61. The average Bonchev–Trinajstić information content (AvgIpc) is 2.92. The first-order valence-electron chi connectivity index (χ1n) is 7.13. The summed E-state index contributed by atoms with van der Waals surface area (Å²) in [6.45, 7) is 4.56. The Morgan fingerprint density at radius 1 is 1.43 bits per heavy atom. The number of hydrogen-bond acceptors (Lipinski definition) is 4. The smallest absolute Gasteiger partial charge is 0.240 e. The summed E-state index contributed by atoms with van der Waals surface area (Å²) in [5, 5.41) is 0. The molecule has 1 saturated heterocycles. The van der Waals surface area contributed by atoms with E-state index in [1.54, 1.807) is 19.1 Å². The van der Waals surface area contributed by atoms with E-state index in [1.165, 1.54) is 12.1 Å². The second kappa shape index (κ2) is 6.25. The molecule has 1 heterocycles. The van der Waals surface area contributed by atoms with Gasteiger partial charge in [0.1, 0.15) is 0 Å². The molecule has 0 aromatic heterocycles. The molecule has 1 aliphatic heterocycles. The summed E-state index contributed by atoms with van der Waals surface area (Å²) in [5.41, 5.74) is -0.0205. The second-order valence-corrected chi connectivity index (χ2v) is 7.30. The topological polar surface area (TPSA) is 72.5 Å². The highest BCUT2D eigenvalue weighted by molar-refractivity contribution is 7.89. The van der Waals surface area contributed by atoms with Crippen molar-refractivity contribution in [3.8, 4) is 0 Å². The summed E-state index contributed by atoms with van der Waals surface area (Å²) in [5.74, 6) is -0.0712. The van der Waals surface area contributed by atoms with Crippen molar-refractivity contribution in [2.24, 2.45) is 0 Å². The van der Waals surface area contributed by atoms with Crippen molar-refractivity contribution in [1.29, 1.82) is 0 Å². The highest BCUT2D eigenvalue weighted by atomic mass is 32.2. The minimum atomic E-state index is -3.63. The monoisotopic (exact) mass is 311 g/mol. The summed E-state index contributed by atoms with van der Waals surface area (Å²) in [4.78, 5) is 11.8. The Bertz CT molecular complexity index is 618. The van der Waals surface area contributed by atoms with Crippen molar-refractivity contribution >= 4 is 15.8 Å². The van der Waals surface area contributed by atoms with Gasteiger partial charge in [-0.2, -0.15) is 0 Å². The van der Waals surface area contributed by atoms with Crippen LogP contribution in [0, 0.1) is 0 Å². The zero-order valence-electron chi connectivity index (χ0n) is 12.4. The molecular formula is C15H21NO4S. The molecule has 0 spiro atoms. The van der Waals surface area contributed by atoms with Crippen LogP contribution in [0.4, 0.5) is 0 Å². The largest absolute Gasteiger partial charge is 0.374 e. The van der Waals surface area contributed by atoms with Crippen LogP contribution in [0.5, 0.6) is 0 Å².